The summed E-state index contributed by atoms with van der Waals surface area (Å²) >= 11 is 0. The van der Waals surface area contributed by atoms with Crippen molar-refractivity contribution >= 4 is 10.9 Å². The maximum atomic E-state index is 12.7. The number of aromatic amines is 1. The summed E-state index contributed by atoms with van der Waals surface area (Å²) in [6.45, 7) is 4.07. The van der Waals surface area contributed by atoms with Gasteiger partial charge in [-0.1, -0.05) is 6.07 Å². The molecule has 0 fully saturated rings. The van der Waals surface area contributed by atoms with Crippen molar-refractivity contribution in [2.75, 3.05) is 28.1 Å². The lowest BCUT2D eigenvalue weighted by atomic mass is 10.1. The molecule has 9 heteroatoms. The normalized spacial score (nSPS) is 11.1. The van der Waals surface area contributed by atoms with Gasteiger partial charge in [0.1, 0.15) is 17.3 Å². The fourth-order valence-corrected chi connectivity index (χ4v) is 3.56. The Morgan fingerprint density at radius 1 is 1.00 bits per heavy atom. The van der Waals surface area contributed by atoms with Gasteiger partial charge in [0, 0.05) is 25.8 Å². The van der Waals surface area contributed by atoms with Gasteiger partial charge in [-0.2, -0.15) is 5.10 Å². The lowest BCUT2D eigenvalue weighted by molar-refractivity contribution is 0.0509. The maximum Gasteiger partial charge on any atom is 0.258 e. The predicted octanol–water partition coefficient (Wildman–Crippen LogP) is 3.32. The second kappa shape index (κ2) is 9.33. The smallest absolute Gasteiger partial charge is 0.258 e. The summed E-state index contributed by atoms with van der Waals surface area (Å²) in [4.78, 5) is 20.2. The van der Waals surface area contributed by atoms with Crippen molar-refractivity contribution in [3.05, 3.63) is 69.5 Å². The minimum absolute atomic E-state index is 0.0996. The van der Waals surface area contributed by atoms with E-state index in [1.165, 1.54) is 7.11 Å². The highest BCUT2D eigenvalue weighted by Gasteiger charge is 2.14. The van der Waals surface area contributed by atoms with Crippen molar-refractivity contribution in [2.24, 2.45) is 0 Å². The number of benzene rings is 2. The summed E-state index contributed by atoms with van der Waals surface area (Å²) in [6, 6.07) is 9.12. The molecule has 0 aliphatic carbocycles. The molecule has 0 unspecified atom stereocenters. The Balaban J connectivity index is 1.71. The Morgan fingerprint density at radius 2 is 1.76 bits per heavy atom. The minimum Gasteiger partial charge on any atom is -0.493 e. The van der Waals surface area contributed by atoms with Gasteiger partial charge in [0.25, 0.3) is 5.56 Å². The van der Waals surface area contributed by atoms with E-state index < -0.39 is 0 Å². The van der Waals surface area contributed by atoms with E-state index in [1.807, 2.05) is 38.2 Å². The molecule has 4 aromatic rings. The molecular formula is C24H26N4O5. The third kappa shape index (κ3) is 4.54. The Hall–Kier alpha value is -3.85. The molecule has 0 spiro atoms. The highest BCUT2D eigenvalue weighted by Crippen LogP contribution is 2.30. The van der Waals surface area contributed by atoms with E-state index in [1.54, 1.807) is 31.0 Å². The third-order valence-electron chi connectivity index (χ3n) is 5.38. The van der Waals surface area contributed by atoms with Crippen LogP contribution in [0.3, 0.4) is 0 Å². The highest BCUT2D eigenvalue weighted by atomic mass is 16.7. The lowest BCUT2D eigenvalue weighted by Crippen LogP contribution is -2.13. The zero-order chi connectivity index (χ0) is 23.5. The largest absolute Gasteiger partial charge is 0.493 e. The number of rotatable bonds is 8. The fourth-order valence-electron chi connectivity index (χ4n) is 3.56. The van der Waals surface area contributed by atoms with Crippen LogP contribution in [0.15, 0.2) is 41.3 Å². The van der Waals surface area contributed by atoms with Crippen molar-refractivity contribution in [2.45, 2.75) is 20.3 Å². The molecule has 0 atom stereocenters. The number of nitrogens with one attached hydrogen (secondary N) is 1. The summed E-state index contributed by atoms with van der Waals surface area (Å²) in [5.74, 6) is 2.13. The third-order valence-corrected chi connectivity index (χ3v) is 5.38. The molecule has 4 rings (SSSR count). The van der Waals surface area contributed by atoms with Crippen molar-refractivity contribution in [1.82, 2.24) is 19.7 Å². The van der Waals surface area contributed by atoms with Crippen LogP contribution in [0.2, 0.25) is 0 Å². The molecule has 0 saturated heterocycles. The number of H-pyrrole nitrogens is 1. The first kappa shape index (κ1) is 22.3. The monoisotopic (exact) mass is 450 g/mol. The van der Waals surface area contributed by atoms with Gasteiger partial charge in [0.2, 0.25) is 0 Å². The van der Waals surface area contributed by atoms with E-state index in [-0.39, 0.29) is 12.4 Å². The van der Waals surface area contributed by atoms with Crippen LogP contribution in [0.25, 0.3) is 16.6 Å². The highest BCUT2D eigenvalue weighted by molar-refractivity contribution is 5.81. The van der Waals surface area contributed by atoms with Gasteiger partial charge in [-0.25, -0.2) is 9.67 Å². The fraction of sp³-hybridized carbons (Fsp3) is 0.292. The number of fused-ring (bicyclic) bond motifs is 1. The number of methoxy groups -OCH3 is 3. The summed E-state index contributed by atoms with van der Waals surface area (Å²) < 4.78 is 23.3. The van der Waals surface area contributed by atoms with Crippen LogP contribution in [0.1, 0.15) is 22.6 Å². The Morgan fingerprint density at radius 3 is 2.42 bits per heavy atom. The van der Waals surface area contributed by atoms with Gasteiger partial charge < -0.3 is 23.9 Å². The van der Waals surface area contributed by atoms with Gasteiger partial charge in [-0.15, -0.1) is 0 Å². The van der Waals surface area contributed by atoms with E-state index in [4.69, 9.17) is 18.9 Å². The van der Waals surface area contributed by atoms with Gasteiger partial charge in [0.15, 0.2) is 18.3 Å². The van der Waals surface area contributed by atoms with Crippen LogP contribution < -0.4 is 19.8 Å². The standard InChI is InChI=1S/C24H26N4O5/c1-14-12-28(27-15(14)2)19-7-6-16(8-20(19)33-13-30-3)9-23-25-18-11-22(32-5)21(31-4)10-17(18)24(29)26-23/h6-8,10-12H,9,13H2,1-5H3,(H,25,26,29). The molecule has 0 amide bonds. The van der Waals surface area contributed by atoms with Crippen molar-refractivity contribution in [3.63, 3.8) is 0 Å². The molecule has 0 aliphatic heterocycles. The average Bonchev–Trinajstić information content (AvgIpc) is 3.14. The Kier molecular flexibility index (Phi) is 6.32. The first-order chi connectivity index (χ1) is 15.9. The number of nitrogens with zero attached hydrogens (tertiary/aromatic N) is 3. The summed E-state index contributed by atoms with van der Waals surface area (Å²) in [5.41, 5.74) is 4.02. The second-order valence-electron chi connectivity index (χ2n) is 7.61. The molecule has 33 heavy (non-hydrogen) atoms. The summed E-state index contributed by atoms with van der Waals surface area (Å²) in [7, 11) is 4.64. The predicted molar refractivity (Wildman–Crippen MR) is 124 cm³/mol. The molecule has 0 bridgehead atoms. The van der Waals surface area contributed by atoms with Gasteiger partial charge in [0.05, 0.1) is 30.8 Å². The van der Waals surface area contributed by atoms with E-state index in [0.29, 0.717) is 40.4 Å². The van der Waals surface area contributed by atoms with E-state index in [9.17, 15) is 4.79 Å². The number of hydrogen-bond donors (Lipinski definition) is 1. The van der Waals surface area contributed by atoms with E-state index >= 15 is 0 Å². The molecule has 0 radical (unpaired) electrons. The molecule has 0 saturated carbocycles. The van der Waals surface area contributed by atoms with Crippen LogP contribution in [-0.4, -0.2) is 47.9 Å². The van der Waals surface area contributed by atoms with E-state index in [2.05, 4.69) is 15.1 Å². The zero-order valence-electron chi connectivity index (χ0n) is 19.3. The summed E-state index contributed by atoms with van der Waals surface area (Å²) in [6.07, 6.45) is 2.36. The average molecular weight is 450 g/mol. The SMILES string of the molecule is COCOc1cc(Cc2nc3cc(OC)c(OC)cc3c(=O)[nH]2)ccc1-n1cc(C)c(C)n1. The number of ether oxygens (including phenoxy) is 4. The molecule has 2 heterocycles. The number of aryl methyl sites for hydroxylation is 2. The Bertz CT molecular complexity index is 1340. The maximum absolute atomic E-state index is 12.7. The van der Waals surface area contributed by atoms with Crippen molar-refractivity contribution in [1.29, 1.82) is 0 Å². The van der Waals surface area contributed by atoms with Crippen molar-refractivity contribution in [3.8, 4) is 22.9 Å². The van der Waals surface area contributed by atoms with E-state index in [0.717, 1.165) is 22.5 Å². The Labute approximate surface area is 190 Å². The lowest BCUT2D eigenvalue weighted by Gasteiger charge is -2.13. The first-order valence-corrected chi connectivity index (χ1v) is 10.4. The van der Waals surface area contributed by atoms with Crippen molar-refractivity contribution < 1.29 is 18.9 Å². The number of aromatic nitrogens is 4. The van der Waals surface area contributed by atoms with Crippen LogP contribution in [-0.2, 0) is 11.2 Å². The quantitative estimate of drug-likeness (QED) is 0.411. The first-order valence-electron chi connectivity index (χ1n) is 10.4. The van der Waals surface area contributed by atoms with Gasteiger partial charge in [-0.3, -0.25) is 4.79 Å². The zero-order valence-corrected chi connectivity index (χ0v) is 19.3. The molecule has 172 valence electrons. The van der Waals surface area contributed by atoms with Gasteiger partial charge >= 0.3 is 0 Å². The second-order valence-corrected chi connectivity index (χ2v) is 7.61. The van der Waals surface area contributed by atoms with Crippen LogP contribution >= 0.6 is 0 Å². The van der Waals surface area contributed by atoms with Gasteiger partial charge in [-0.05, 0) is 43.2 Å². The molecule has 9 nitrogen and oxygen atoms in total. The molecule has 2 aromatic carbocycles. The minimum atomic E-state index is -0.245. The topological polar surface area (TPSA) is 100 Å². The number of hydrogen-bond acceptors (Lipinski definition) is 7. The molecule has 1 N–H and O–H groups in total. The van der Waals surface area contributed by atoms with Crippen LogP contribution in [0, 0.1) is 13.8 Å². The molecule has 0 aliphatic rings. The van der Waals surface area contributed by atoms with Crippen LogP contribution in [0.5, 0.6) is 17.2 Å². The summed E-state index contributed by atoms with van der Waals surface area (Å²) in [5, 5.41) is 4.98. The molecule has 2 aromatic heterocycles. The molecular weight excluding hydrogens is 424 g/mol. The van der Waals surface area contributed by atoms with Crippen LogP contribution in [0.4, 0.5) is 0 Å².